The van der Waals surface area contributed by atoms with Gasteiger partial charge in [0.25, 0.3) is 0 Å². The summed E-state index contributed by atoms with van der Waals surface area (Å²) in [6, 6.07) is 0. The number of aryl methyl sites for hydroxylation is 2. The number of nitrogens with two attached hydrogens (primary N) is 1. The largest absolute Gasteiger partial charge is 0.462 e. The van der Waals surface area contributed by atoms with Crippen LogP contribution in [0.2, 0.25) is 0 Å². The van der Waals surface area contributed by atoms with Gasteiger partial charge in [0, 0.05) is 4.88 Å². The van der Waals surface area contributed by atoms with Crippen molar-refractivity contribution in [3.05, 3.63) is 21.8 Å². The number of nitrogens with zero attached hydrogens (tertiary/aromatic N) is 3. The molecule has 2 rings (SSSR count). The maximum atomic E-state index is 12.3. The van der Waals surface area contributed by atoms with E-state index in [2.05, 4.69) is 15.5 Å². The number of amides is 1. The van der Waals surface area contributed by atoms with E-state index in [-0.39, 0.29) is 18.3 Å². The molecule has 0 aromatic carbocycles. The molecule has 2 aromatic rings. The summed E-state index contributed by atoms with van der Waals surface area (Å²) >= 11 is 2.55. The zero-order chi connectivity index (χ0) is 18.6. The van der Waals surface area contributed by atoms with Gasteiger partial charge in [-0.3, -0.25) is 4.79 Å². The molecule has 136 valence electrons. The summed E-state index contributed by atoms with van der Waals surface area (Å²) in [6.45, 7) is 7.66. The highest BCUT2D eigenvalue weighted by Gasteiger charge is 2.23. The van der Waals surface area contributed by atoms with Crippen molar-refractivity contribution in [2.75, 3.05) is 23.5 Å². The van der Waals surface area contributed by atoms with Gasteiger partial charge in [0.1, 0.15) is 10.8 Å². The summed E-state index contributed by atoms with van der Waals surface area (Å²) in [7, 11) is 0. The Morgan fingerprint density at radius 3 is 2.60 bits per heavy atom. The smallest absolute Gasteiger partial charge is 0.341 e. The number of nitrogens with one attached hydrogen (secondary N) is 1. The van der Waals surface area contributed by atoms with Gasteiger partial charge in [0.05, 0.1) is 17.9 Å². The fourth-order valence-corrected chi connectivity index (χ4v) is 4.10. The number of thiophene rings is 1. The molecular formula is C15H21N5O3S2. The second-order valence-electron chi connectivity index (χ2n) is 5.15. The average Bonchev–Trinajstić information content (AvgIpc) is 3.05. The molecule has 0 saturated carbocycles. The van der Waals surface area contributed by atoms with Crippen LogP contribution in [-0.4, -0.2) is 39.1 Å². The number of carbonyl (C=O) groups excluding carboxylic acids is 2. The Labute approximate surface area is 154 Å². The van der Waals surface area contributed by atoms with Crippen LogP contribution in [0.4, 0.5) is 5.00 Å². The minimum Gasteiger partial charge on any atom is -0.462 e. The lowest BCUT2D eigenvalue weighted by Gasteiger charge is -2.08. The van der Waals surface area contributed by atoms with Crippen molar-refractivity contribution in [3.8, 4) is 0 Å². The summed E-state index contributed by atoms with van der Waals surface area (Å²) in [5, 5.41) is 11.5. The quantitative estimate of drug-likeness (QED) is 0.428. The SMILES string of the molecule is CCOC(=O)c1c(NC(=O)CSc2nnc(C)n2N)sc(C)c1CC. The Kier molecular flexibility index (Phi) is 6.43. The standard InChI is InChI=1S/C15H21N5O3S2/c1-5-10-8(3)25-13(12(10)14(22)23-6-2)17-11(21)7-24-15-19-18-9(4)20(15)16/h5-7,16H2,1-4H3,(H,17,21). The van der Waals surface area contributed by atoms with Crippen LogP contribution in [0.25, 0.3) is 0 Å². The van der Waals surface area contributed by atoms with Crippen LogP contribution in [0.1, 0.15) is 40.5 Å². The summed E-state index contributed by atoms with van der Waals surface area (Å²) in [5.41, 5.74) is 1.35. The number of anilines is 1. The number of aromatic nitrogens is 3. The first kappa shape index (κ1) is 19.3. The molecule has 3 N–H and O–H groups in total. The van der Waals surface area contributed by atoms with Gasteiger partial charge in [-0.15, -0.1) is 21.5 Å². The van der Waals surface area contributed by atoms with Crippen molar-refractivity contribution >= 4 is 40.0 Å². The lowest BCUT2D eigenvalue weighted by molar-refractivity contribution is -0.113. The Balaban J connectivity index is 2.12. The molecule has 0 fully saturated rings. The van der Waals surface area contributed by atoms with Gasteiger partial charge in [-0.2, -0.15) is 0 Å². The van der Waals surface area contributed by atoms with E-state index in [0.29, 0.717) is 28.0 Å². The van der Waals surface area contributed by atoms with Crippen LogP contribution in [0.15, 0.2) is 5.16 Å². The highest BCUT2D eigenvalue weighted by Crippen LogP contribution is 2.34. The molecule has 0 unspecified atom stereocenters. The van der Waals surface area contributed by atoms with Gasteiger partial charge in [0.2, 0.25) is 11.1 Å². The number of nitrogen functional groups attached to an aromatic ring is 1. The number of ether oxygens (including phenoxy) is 1. The van der Waals surface area contributed by atoms with Crippen LogP contribution >= 0.6 is 23.1 Å². The third-order valence-electron chi connectivity index (χ3n) is 3.46. The summed E-state index contributed by atoms with van der Waals surface area (Å²) in [6.07, 6.45) is 0.691. The van der Waals surface area contributed by atoms with Crippen LogP contribution < -0.4 is 11.2 Å². The molecule has 1 amide bonds. The second kappa shape index (κ2) is 8.34. The Morgan fingerprint density at radius 1 is 1.32 bits per heavy atom. The van der Waals surface area contributed by atoms with Gasteiger partial charge in [-0.25, -0.2) is 9.47 Å². The van der Waals surface area contributed by atoms with Gasteiger partial charge < -0.3 is 15.9 Å². The topological polar surface area (TPSA) is 112 Å². The lowest BCUT2D eigenvalue weighted by atomic mass is 10.1. The van der Waals surface area contributed by atoms with E-state index in [0.717, 1.165) is 10.4 Å². The fraction of sp³-hybridized carbons (Fsp3) is 0.467. The first-order valence-corrected chi connectivity index (χ1v) is 9.58. The normalized spacial score (nSPS) is 10.7. The molecule has 2 aromatic heterocycles. The van der Waals surface area contributed by atoms with E-state index < -0.39 is 5.97 Å². The van der Waals surface area contributed by atoms with Crippen molar-refractivity contribution in [2.45, 2.75) is 39.3 Å². The summed E-state index contributed by atoms with van der Waals surface area (Å²) in [5.74, 6) is 5.77. The highest BCUT2D eigenvalue weighted by atomic mass is 32.2. The predicted octanol–water partition coefficient (Wildman–Crippen LogP) is 2.14. The first-order valence-electron chi connectivity index (χ1n) is 7.78. The predicted molar refractivity (Wildman–Crippen MR) is 98.7 cm³/mol. The molecule has 0 atom stereocenters. The van der Waals surface area contributed by atoms with Crippen LogP contribution in [0.5, 0.6) is 0 Å². The number of hydrogen-bond acceptors (Lipinski definition) is 8. The van der Waals surface area contributed by atoms with E-state index in [1.165, 1.54) is 27.8 Å². The number of carbonyl (C=O) groups is 2. The molecule has 0 saturated heterocycles. The lowest BCUT2D eigenvalue weighted by Crippen LogP contribution is -2.18. The average molecular weight is 383 g/mol. The number of esters is 1. The zero-order valence-corrected chi connectivity index (χ0v) is 16.2. The third kappa shape index (κ3) is 4.31. The fourth-order valence-electron chi connectivity index (χ4n) is 2.25. The Hall–Kier alpha value is -2.07. The highest BCUT2D eigenvalue weighted by molar-refractivity contribution is 7.99. The van der Waals surface area contributed by atoms with E-state index >= 15 is 0 Å². The van der Waals surface area contributed by atoms with Crippen molar-refractivity contribution < 1.29 is 14.3 Å². The molecule has 0 radical (unpaired) electrons. The van der Waals surface area contributed by atoms with Crippen molar-refractivity contribution in [2.24, 2.45) is 0 Å². The number of rotatable bonds is 7. The molecule has 0 aliphatic heterocycles. The second-order valence-corrected chi connectivity index (χ2v) is 7.32. The Bertz CT molecular complexity index is 784. The van der Waals surface area contributed by atoms with E-state index in [4.69, 9.17) is 10.6 Å². The maximum Gasteiger partial charge on any atom is 0.341 e. The van der Waals surface area contributed by atoms with Crippen LogP contribution in [-0.2, 0) is 16.0 Å². The van der Waals surface area contributed by atoms with Crippen LogP contribution in [0, 0.1) is 13.8 Å². The monoisotopic (exact) mass is 383 g/mol. The summed E-state index contributed by atoms with van der Waals surface area (Å²) in [4.78, 5) is 25.5. The summed E-state index contributed by atoms with van der Waals surface area (Å²) < 4.78 is 6.45. The van der Waals surface area contributed by atoms with E-state index in [1.807, 2.05) is 13.8 Å². The maximum absolute atomic E-state index is 12.3. The van der Waals surface area contributed by atoms with Gasteiger partial charge >= 0.3 is 5.97 Å². The molecular weight excluding hydrogens is 362 g/mol. The van der Waals surface area contributed by atoms with Gasteiger partial charge in [-0.1, -0.05) is 18.7 Å². The van der Waals surface area contributed by atoms with Gasteiger partial charge in [-0.05, 0) is 32.8 Å². The molecule has 10 heteroatoms. The molecule has 0 spiro atoms. The molecule has 2 heterocycles. The Morgan fingerprint density at radius 2 is 2.04 bits per heavy atom. The van der Waals surface area contributed by atoms with Crippen molar-refractivity contribution in [3.63, 3.8) is 0 Å². The number of hydrogen-bond donors (Lipinski definition) is 2. The third-order valence-corrected chi connectivity index (χ3v) is 5.47. The van der Waals surface area contributed by atoms with Crippen molar-refractivity contribution in [1.29, 1.82) is 0 Å². The number of thioether (sulfide) groups is 1. The van der Waals surface area contributed by atoms with Gasteiger partial charge in [0.15, 0.2) is 0 Å². The van der Waals surface area contributed by atoms with E-state index in [1.54, 1.807) is 13.8 Å². The zero-order valence-electron chi connectivity index (χ0n) is 14.6. The minimum absolute atomic E-state index is 0.107. The van der Waals surface area contributed by atoms with E-state index in [9.17, 15) is 9.59 Å². The molecule has 25 heavy (non-hydrogen) atoms. The molecule has 0 bridgehead atoms. The molecule has 8 nitrogen and oxygen atoms in total. The first-order chi connectivity index (χ1) is 11.9. The van der Waals surface area contributed by atoms with Crippen LogP contribution in [0.3, 0.4) is 0 Å². The minimum atomic E-state index is -0.413. The van der Waals surface area contributed by atoms with Crippen molar-refractivity contribution in [1.82, 2.24) is 14.9 Å². The molecule has 0 aliphatic rings. The molecule has 0 aliphatic carbocycles.